The van der Waals surface area contributed by atoms with E-state index >= 15 is 0 Å². The second-order valence-electron chi connectivity index (χ2n) is 3.96. The van der Waals surface area contributed by atoms with Crippen molar-refractivity contribution in [1.82, 2.24) is 0 Å². The number of methoxy groups -OCH3 is 1. The van der Waals surface area contributed by atoms with Gasteiger partial charge in [0.15, 0.2) is 0 Å². The topological polar surface area (TPSA) is 26.3 Å². The van der Waals surface area contributed by atoms with Gasteiger partial charge in [0.2, 0.25) is 0 Å². The Morgan fingerprint density at radius 1 is 1.54 bits per heavy atom. The average Bonchev–Trinajstić information content (AvgIpc) is 2.16. The van der Waals surface area contributed by atoms with Crippen molar-refractivity contribution in [2.45, 2.75) is 26.7 Å². The van der Waals surface area contributed by atoms with Crippen LogP contribution in [0.25, 0.3) is 0 Å². The first-order valence-corrected chi connectivity index (χ1v) is 4.91. The first-order valence-electron chi connectivity index (χ1n) is 4.91. The zero-order chi connectivity index (χ0) is 9.84. The molecule has 0 saturated heterocycles. The van der Waals surface area contributed by atoms with Crippen LogP contribution >= 0.6 is 0 Å². The van der Waals surface area contributed by atoms with E-state index in [1.165, 1.54) is 7.11 Å². The number of rotatable bonds is 2. The maximum absolute atomic E-state index is 11.4. The van der Waals surface area contributed by atoms with Gasteiger partial charge < -0.3 is 4.74 Å². The fraction of sp³-hybridized carbons (Fsp3) is 0.727. The summed E-state index contributed by atoms with van der Waals surface area (Å²) in [5.41, 5.74) is 0. The molecule has 0 heterocycles. The van der Waals surface area contributed by atoms with Crippen LogP contribution < -0.4 is 0 Å². The van der Waals surface area contributed by atoms with Crippen LogP contribution in [-0.2, 0) is 9.53 Å². The van der Waals surface area contributed by atoms with Crippen molar-refractivity contribution in [3.63, 3.8) is 0 Å². The molecule has 0 aromatic carbocycles. The maximum Gasteiger partial charge on any atom is 0.309 e. The Labute approximate surface area is 80.0 Å². The lowest BCUT2D eigenvalue weighted by molar-refractivity contribution is -0.147. The molecule has 0 fully saturated rings. The summed E-state index contributed by atoms with van der Waals surface area (Å²) < 4.78 is 4.80. The molecule has 2 atom stereocenters. The fourth-order valence-electron chi connectivity index (χ4n) is 1.97. The number of allylic oxidation sites excluding steroid dienone is 2. The molecule has 1 rings (SSSR count). The monoisotopic (exact) mass is 182 g/mol. The van der Waals surface area contributed by atoms with E-state index in [0.717, 1.165) is 12.8 Å². The van der Waals surface area contributed by atoms with E-state index in [9.17, 15) is 4.79 Å². The van der Waals surface area contributed by atoms with Crippen LogP contribution in [0.15, 0.2) is 12.2 Å². The van der Waals surface area contributed by atoms with Gasteiger partial charge in [-0.25, -0.2) is 0 Å². The van der Waals surface area contributed by atoms with Gasteiger partial charge in [-0.05, 0) is 24.7 Å². The van der Waals surface area contributed by atoms with Crippen molar-refractivity contribution in [1.29, 1.82) is 0 Å². The van der Waals surface area contributed by atoms with E-state index in [-0.39, 0.29) is 11.9 Å². The van der Waals surface area contributed by atoms with Gasteiger partial charge in [0.1, 0.15) is 0 Å². The molecular formula is C11H18O2. The molecular weight excluding hydrogens is 164 g/mol. The third-order valence-corrected chi connectivity index (χ3v) is 2.74. The third-order valence-electron chi connectivity index (χ3n) is 2.74. The Hall–Kier alpha value is -0.790. The second kappa shape index (κ2) is 4.45. The predicted octanol–water partition coefficient (Wildman–Crippen LogP) is 2.40. The lowest BCUT2D eigenvalue weighted by Gasteiger charge is -2.28. The summed E-state index contributed by atoms with van der Waals surface area (Å²) in [5, 5.41) is 0. The summed E-state index contributed by atoms with van der Waals surface area (Å²) in [7, 11) is 1.47. The molecule has 0 amide bonds. The number of carbonyl (C=O) groups is 1. The summed E-state index contributed by atoms with van der Waals surface area (Å²) in [6.45, 7) is 4.30. The van der Waals surface area contributed by atoms with Crippen LogP contribution in [0.2, 0.25) is 0 Å². The zero-order valence-electron chi connectivity index (χ0n) is 8.62. The smallest absolute Gasteiger partial charge is 0.309 e. The summed E-state index contributed by atoms with van der Waals surface area (Å²) >= 11 is 0. The van der Waals surface area contributed by atoms with Crippen LogP contribution in [0.4, 0.5) is 0 Å². The molecule has 0 saturated carbocycles. The highest BCUT2D eigenvalue weighted by atomic mass is 16.5. The number of hydrogen-bond donors (Lipinski definition) is 0. The number of carbonyl (C=O) groups excluding carboxylic acids is 1. The second-order valence-corrected chi connectivity index (χ2v) is 3.96. The molecule has 2 heteroatoms. The number of esters is 1. The van der Waals surface area contributed by atoms with Crippen molar-refractivity contribution in [2.24, 2.45) is 17.8 Å². The molecule has 1 aliphatic carbocycles. The first kappa shape index (κ1) is 10.3. The first-order chi connectivity index (χ1) is 6.16. The lowest BCUT2D eigenvalue weighted by Crippen LogP contribution is -2.29. The molecule has 0 aromatic rings. The summed E-state index contributed by atoms with van der Waals surface area (Å²) in [5.74, 6) is 0.903. The Bertz CT molecular complexity index is 206. The molecule has 0 spiro atoms. The Morgan fingerprint density at radius 2 is 2.23 bits per heavy atom. The highest BCUT2D eigenvalue weighted by Crippen LogP contribution is 2.31. The average molecular weight is 182 g/mol. The van der Waals surface area contributed by atoms with Gasteiger partial charge in [0, 0.05) is 0 Å². The predicted molar refractivity (Wildman–Crippen MR) is 52.2 cm³/mol. The molecule has 1 aliphatic rings. The fourth-order valence-corrected chi connectivity index (χ4v) is 1.97. The Morgan fingerprint density at radius 3 is 2.77 bits per heavy atom. The Balaban J connectivity index is 2.71. The van der Waals surface area contributed by atoms with Crippen molar-refractivity contribution in [3.05, 3.63) is 12.2 Å². The summed E-state index contributed by atoms with van der Waals surface area (Å²) in [6.07, 6.45) is 6.27. The van der Waals surface area contributed by atoms with Crippen LogP contribution in [0.1, 0.15) is 26.7 Å². The normalized spacial score (nSPS) is 27.7. The van der Waals surface area contributed by atoms with E-state index in [0.29, 0.717) is 11.8 Å². The highest BCUT2D eigenvalue weighted by molar-refractivity contribution is 5.73. The highest BCUT2D eigenvalue weighted by Gasteiger charge is 2.30. The van der Waals surface area contributed by atoms with Gasteiger partial charge in [-0.15, -0.1) is 0 Å². The standard InChI is InChI=1S/C11H18O2/c1-8(2)9-6-4-5-7-10(9)11(12)13-3/h4,6,8-10H,5,7H2,1-3H3/t9-,10+/m0/s1. The quantitative estimate of drug-likeness (QED) is 0.484. The van der Waals surface area contributed by atoms with E-state index in [4.69, 9.17) is 4.74 Å². The number of ether oxygens (including phenoxy) is 1. The lowest BCUT2D eigenvalue weighted by atomic mass is 9.77. The third kappa shape index (κ3) is 2.33. The van der Waals surface area contributed by atoms with Gasteiger partial charge in [-0.3, -0.25) is 4.79 Å². The molecule has 0 aliphatic heterocycles. The van der Waals surface area contributed by atoms with Crippen molar-refractivity contribution >= 4 is 5.97 Å². The molecule has 74 valence electrons. The van der Waals surface area contributed by atoms with Crippen LogP contribution in [0.5, 0.6) is 0 Å². The molecule has 0 radical (unpaired) electrons. The van der Waals surface area contributed by atoms with Crippen molar-refractivity contribution < 1.29 is 9.53 Å². The van der Waals surface area contributed by atoms with Crippen LogP contribution in [0.3, 0.4) is 0 Å². The van der Waals surface area contributed by atoms with E-state index in [2.05, 4.69) is 26.0 Å². The molecule has 2 nitrogen and oxygen atoms in total. The molecule has 0 unspecified atom stereocenters. The van der Waals surface area contributed by atoms with Gasteiger partial charge >= 0.3 is 5.97 Å². The maximum atomic E-state index is 11.4. The minimum Gasteiger partial charge on any atom is -0.469 e. The van der Waals surface area contributed by atoms with Gasteiger partial charge in [0.05, 0.1) is 13.0 Å². The van der Waals surface area contributed by atoms with Gasteiger partial charge in [-0.1, -0.05) is 26.0 Å². The zero-order valence-corrected chi connectivity index (χ0v) is 8.62. The molecule has 0 N–H and O–H groups in total. The van der Waals surface area contributed by atoms with Crippen LogP contribution in [0, 0.1) is 17.8 Å². The van der Waals surface area contributed by atoms with E-state index in [1.807, 2.05) is 0 Å². The molecule has 0 aromatic heterocycles. The largest absolute Gasteiger partial charge is 0.469 e. The van der Waals surface area contributed by atoms with Crippen LogP contribution in [-0.4, -0.2) is 13.1 Å². The van der Waals surface area contributed by atoms with Crippen molar-refractivity contribution in [2.75, 3.05) is 7.11 Å². The summed E-state index contributed by atoms with van der Waals surface area (Å²) in [4.78, 5) is 11.4. The number of hydrogen-bond acceptors (Lipinski definition) is 2. The SMILES string of the molecule is COC(=O)[C@@H]1CCC=C[C@H]1C(C)C. The van der Waals surface area contributed by atoms with E-state index in [1.54, 1.807) is 0 Å². The Kier molecular flexibility index (Phi) is 3.52. The molecule has 0 bridgehead atoms. The van der Waals surface area contributed by atoms with Crippen molar-refractivity contribution in [3.8, 4) is 0 Å². The van der Waals surface area contributed by atoms with Gasteiger partial charge in [0.25, 0.3) is 0 Å². The van der Waals surface area contributed by atoms with E-state index < -0.39 is 0 Å². The minimum atomic E-state index is -0.0527. The molecule has 13 heavy (non-hydrogen) atoms. The van der Waals surface area contributed by atoms with Gasteiger partial charge in [-0.2, -0.15) is 0 Å². The minimum absolute atomic E-state index is 0.0527. The summed E-state index contributed by atoms with van der Waals surface area (Å²) in [6, 6.07) is 0.